The molecule has 0 heterocycles. The summed E-state index contributed by atoms with van der Waals surface area (Å²) in [6, 6.07) is 5.59. The Morgan fingerprint density at radius 3 is 2.47 bits per heavy atom. The lowest BCUT2D eigenvalue weighted by Crippen LogP contribution is -2.46. The van der Waals surface area contributed by atoms with Crippen LogP contribution in [-0.4, -0.2) is 28.7 Å². The van der Waals surface area contributed by atoms with E-state index in [1.807, 2.05) is 39.1 Å². The number of carbonyl (C=O) groups excluding carboxylic acids is 1. The molecule has 0 unspecified atom stereocenters. The fourth-order valence-electron chi connectivity index (χ4n) is 1.21. The summed E-state index contributed by atoms with van der Waals surface area (Å²) in [6.07, 6.45) is 0. The molecule has 0 atom stereocenters. The van der Waals surface area contributed by atoms with Gasteiger partial charge in [-0.3, -0.25) is 4.79 Å². The van der Waals surface area contributed by atoms with Gasteiger partial charge in [0.15, 0.2) is 0 Å². The Balaban J connectivity index is 3.08. The van der Waals surface area contributed by atoms with Crippen molar-refractivity contribution in [2.24, 2.45) is 0 Å². The van der Waals surface area contributed by atoms with Crippen LogP contribution in [0.25, 0.3) is 0 Å². The predicted octanol–water partition coefficient (Wildman–Crippen LogP) is 4.46. The standard InChI is InChI=1S/C12H14Br3NO/c1-12(2,7-13)16(3)11(17)9-6-8(14)4-5-10(9)15/h4-6H,7H2,1-3H3. The molecule has 0 spiro atoms. The molecule has 1 aromatic rings. The highest BCUT2D eigenvalue weighted by Crippen LogP contribution is 2.25. The molecule has 0 N–H and O–H groups in total. The van der Waals surface area contributed by atoms with Gasteiger partial charge in [0, 0.05) is 26.9 Å². The van der Waals surface area contributed by atoms with Crippen molar-refractivity contribution in [3.63, 3.8) is 0 Å². The van der Waals surface area contributed by atoms with E-state index in [0.717, 1.165) is 14.3 Å². The zero-order chi connectivity index (χ0) is 13.2. The third-order valence-corrected chi connectivity index (χ3v) is 5.26. The van der Waals surface area contributed by atoms with Crippen LogP contribution in [0, 0.1) is 0 Å². The van der Waals surface area contributed by atoms with Crippen LogP contribution in [0.3, 0.4) is 0 Å². The molecule has 5 heteroatoms. The Hall–Kier alpha value is 0.130. The largest absolute Gasteiger partial charge is 0.336 e. The van der Waals surface area contributed by atoms with E-state index in [2.05, 4.69) is 47.8 Å². The zero-order valence-corrected chi connectivity index (χ0v) is 14.7. The summed E-state index contributed by atoms with van der Waals surface area (Å²) in [7, 11) is 1.82. The van der Waals surface area contributed by atoms with Crippen LogP contribution in [0.2, 0.25) is 0 Å². The van der Waals surface area contributed by atoms with E-state index in [1.165, 1.54) is 0 Å². The van der Waals surface area contributed by atoms with Crippen LogP contribution in [0.1, 0.15) is 24.2 Å². The zero-order valence-electron chi connectivity index (χ0n) is 9.93. The SMILES string of the molecule is CN(C(=O)c1cc(Br)ccc1Br)C(C)(C)CBr. The van der Waals surface area contributed by atoms with Gasteiger partial charge >= 0.3 is 0 Å². The lowest BCUT2D eigenvalue weighted by atomic mass is 10.1. The van der Waals surface area contributed by atoms with E-state index in [0.29, 0.717) is 5.56 Å². The normalized spacial score (nSPS) is 11.4. The Morgan fingerprint density at radius 1 is 1.35 bits per heavy atom. The summed E-state index contributed by atoms with van der Waals surface area (Å²) in [5.74, 6) is 0.00243. The molecular formula is C12H14Br3NO. The number of benzene rings is 1. The molecular weight excluding hydrogens is 414 g/mol. The maximum Gasteiger partial charge on any atom is 0.255 e. The Labute approximate surface area is 127 Å². The predicted molar refractivity (Wildman–Crippen MR) is 81.8 cm³/mol. The van der Waals surface area contributed by atoms with E-state index >= 15 is 0 Å². The number of hydrogen-bond acceptors (Lipinski definition) is 1. The molecule has 0 aliphatic heterocycles. The average Bonchev–Trinajstić information content (AvgIpc) is 2.30. The molecule has 0 aliphatic rings. The first-order valence-electron chi connectivity index (χ1n) is 5.09. The second-order valence-corrected chi connectivity index (χ2v) is 6.77. The molecule has 0 saturated heterocycles. The Bertz CT molecular complexity index is 432. The number of nitrogens with zero attached hydrogens (tertiary/aromatic N) is 1. The fraction of sp³-hybridized carbons (Fsp3) is 0.417. The molecule has 0 fully saturated rings. The van der Waals surface area contributed by atoms with E-state index < -0.39 is 0 Å². The molecule has 0 radical (unpaired) electrons. The van der Waals surface area contributed by atoms with Crippen LogP contribution in [0.4, 0.5) is 0 Å². The number of amides is 1. The van der Waals surface area contributed by atoms with Gasteiger partial charge in [-0.15, -0.1) is 0 Å². The second-order valence-electron chi connectivity index (χ2n) is 4.43. The lowest BCUT2D eigenvalue weighted by molar-refractivity contribution is 0.0662. The van der Waals surface area contributed by atoms with Crippen molar-refractivity contribution in [2.75, 3.05) is 12.4 Å². The summed E-state index contributed by atoms with van der Waals surface area (Å²) in [4.78, 5) is 14.1. The second kappa shape index (κ2) is 5.85. The summed E-state index contributed by atoms with van der Waals surface area (Å²) < 4.78 is 1.71. The molecule has 17 heavy (non-hydrogen) atoms. The number of rotatable bonds is 3. The van der Waals surface area contributed by atoms with Gasteiger partial charge in [-0.25, -0.2) is 0 Å². The Morgan fingerprint density at radius 2 is 1.94 bits per heavy atom. The van der Waals surface area contributed by atoms with Crippen molar-refractivity contribution in [1.29, 1.82) is 0 Å². The monoisotopic (exact) mass is 425 g/mol. The van der Waals surface area contributed by atoms with Crippen molar-refractivity contribution in [2.45, 2.75) is 19.4 Å². The maximum absolute atomic E-state index is 12.4. The van der Waals surface area contributed by atoms with E-state index in [1.54, 1.807) is 4.90 Å². The fourth-order valence-corrected chi connectivity index (χ4v) is 2.36. The molecule has 0 aromatic heterocycles. The molecule has 2 nitrogen and oxygen atoms in total. The van der Waals surface area contributed by atoms with Crippen molar-refractivity contribution in [3.05, 3.63) is 32.7 Å². The number of halogens is 3. The molecule has 1 amide bonds. The van der Waals surface area contributed by atoms with Crippen LogP contribution in [-0.2, 0) is 0 Å². The van der Waals surface area contributed by atoms with Gasteiger partial charge in [0.25, 0.3) is 5.91 Å². The average molecular weight is 428 g/mol. The highest BCUT2D eigenvalue weighted by Gasteiger charge is 2.28. The minimum Gasteiger partial charge on any atom is -0.336 e. The summed E-state index contributed by atoms with van der Waals surface area (Å²) in [5, 5.41) is 0.730. The van der Waals surface area contributed by atoms with E-state index in [4.69, 9.17) is 0 Å². The van der Waals surface area contributed by atoms with Gasteiger partial charge in [0.2, 0.25) is 0 Å². The minimum absolute atomic E-state index is 0.00243. The van der Waals surface area contributed by atoms with E-state index in [9.17, 15) is 4.79 Å². The van der Waals surface area contributed by atoms with Crippen LogP contribution >= 0.6 is 47.8 Å². The Kier molecular flexibility index (Phi) is 5.22. The molecule has 0 aliphatic carbocycles. The molecule has 94 valence electrons. The van der Waals surface area contributed by atoms with Crippen LogP contribution < -0.4 is 0 Å². The minimum atomic E-state index is -0.223. The summed E-state index contributed by atoms with van der Waals surface area (Å²) in [5.41, 5.74) is 0.439. The van der Waals surface area contributed by atoms with Gasteiger partial charge in [0.1, 0.15) is 0 Å². The lowest BCUT2D eigenvalue weighted by Gasteiger charge is -2.34. The first-order chi connectivity index (χ1) is 7.79. The highest BCUT2D eigenvalue weighted by molar-refractivity contribution is 9.11. The third kappa shape index (κ3) is 3.55. The summed E-state index contributed by atoms with van der Waals surface area (Å²) >= 11 is 10.2. The molecule has 0 saturated carbocycles. The first kappa shape index (κ1) is 15.2. The van der Waals surface area contributed by atoms with Gasteiger partial charge in [0.05, 0.1) is 5.56 Å². The van der Waals surface area contributed by atoms with Gasteiger partial charge in [-0.05, 0) is 48.0 Å². The van der Waals surface area contributed by atoms with Gasteiger partial charge in [-0.2, -0.15) is 0 Å². The molecule has 0 bridgehead atoms. The number of alkyl halides is 1. The quantitative estimate of drug-likeness (QED) is 0.652. The number of carbonyl (C=O) groups is 1. The topological polar surface area (TPSA) is 20.3 Å². The maximum atomic E-state index is 12.4. The van der Waals surface area contributed by atoms with Crippen molar-refractivity contribution in [1.82, 2.24) is 4.90 Å². The smallest absolute Gasteiger partial charge is 0.255 e. The summed E-state index contributed by atoms with van der Waals surface area (Å²) in [6.45, 7) is 4.04. The van der Waals surface area contributed by atoms with Gasteiger partial charge in [-0.1, -0.05) is 31.9 Å². The van der Waals surface area contributed by atoms with E-state index in [-0.39, 0.29) is 11.4 Å². The highest BCUT2D eigenvalue weighted by atomic mass is 79.9. The van der Waals surface area contributed by atoms with Crippen LogP contribution in [0.5, 0.6) is 0 Å². The first-order valence-corrected chi connectivity index (χ1v) is 7.79. The molecule has 1 aromatic carbocycles. The third-order valence-electron chi connectivity index (χ3n) is 2.70. The van der Waals surface area contributed by atoms with Crippen molar-refractivity contribution in [3.8, 4) is 0 Å². The van der Waals surface area contributed by atoms with Gasteiger partial charge < -0.3 is 4.90 Å². The van der Waals surface area contributed by atoms with Crippen molar-refractivity contribution < 1.29 is 4.79 Å². The number of hydrogen-bond donors (Lipinski definition) is 0. The van der Waals surface area contributed by atoms with Crippen LogP contribution in [0.15, 0.2) is 27.1 Å². The molecule has 1 rings (SSSR count). The van der Waals surface area contributed by atoms with Crippen molar-refractivity contribution >= 4 is 53.7 Å².